The zero-order valence-electron chi connectivity index (χ0n) is 17.5. The Kier molecular flexibility index (Phi) is 8.80. The van der Waals surface area contributed by atoms with E-state index in [1.54, 1.807) is 12.2 Å². The number of carbonyl (C=O) groups excluding carboxylic acids is 2. The number of likely N-dealkylation sites (N-methyl/N-ethyl adjacent to an activating group) is 1. The molecule has 3 rings (SSSR count). The van der Waals surface area contributed by atoms with E-state index < -0.39 is 5.97 Å². The third-order valence-corrected chi connectivity index (χ3v) is 5.54. The van der Waals surface area contributed by atoms with Gasteiger partial charge in [-0.3, -0.25) is 24.6 Å². The molecule has 0 aromatic heterocycles. The third-order valence-electron chi connectivity index (χ3n) is 5.54. The molecule has 30 heavy (non-hydrogen) atoms. The van der Waals surface area contributed by atoms with Crippen molar-refractivity contribution in [3.63, 3.8) is 0 Å². The van der Waals surface area contributed by atoms with Crippen molar-refractivity contribution < 1.29 is 19.5 Å². The molecular weight excluding hydrogens is 382 g/mol. The number of hydrogen-bond acceptors (Lipinski definition) is 5. The number of aliphatic carboxylic acids is 1. The normalized spacial score (nSPS) is 19.8. The minimum atomic E-state index is -0.781. The summed E-state index contributed by atoms with van der Waals surface area (Å²) in [5.74, 6) is -0.830. The van der Waals surface area contributed by atoms with Crippen molar-refractivity contribution in [1.82, 2.24) is 10.2 Å². The number of nitrogens with zero attached hydrogens (tertiary/aromatic N) is 2. The van der Waals surface area contributed by atoms with Crippen LogP contribution in [-0.4, -0.2) is 60.5 Å². The van der Waals surface area contributed by atoms with Gasteiger partial charge in [-0.25, -0.2) is 0 Å². The van der Waals surface area contributed by atoms with Gasteiger partial charge < -0.3 is 10.0 Å². The molecule has 0 bridgehead atoms. The summed E-state index contributed by atoms with van der Waals surface area (Å²) in [5, 5.41) is 11.3. The number of benzene rings is 1. The Morgan fingerprint density at radius 3 is 2.47 bits per heavy atom. The molecule has 7 heteroatoms. The van der Waals surface area contributed by atoms with Gasteiger partial charge in [-0.1, -0.05) is 37.4 Å². The number of likely N-dealkylation sites (tertiary alicyclic amines) is 1. The first-order chi connectivity index (χ1) is 14.3. The van der Waals surface area contributed by atoms with E-state index in [4.69, 9.17) is 5.11 Å². The first-order valence-corrected chi connectivity index (χ1v) is 10.2. The van der Waals surface area contributed by atoms with E-state index >= 15 is 0 Å². The average molecular weight is 414 g/mol. The molecule has 0 aliphatic carbocycles. The Balaban J connectivity index is 0.000000735. The highest BCUT2D eigenvalue weighted by molar-refractivity contribution is 6.01. The molecule has 2 amide bonds. The van der Waals surface area contributed by atoms with Crippen LogP contribution in [0.2, 0.25) is 0 Å². The molecule has 2 N–H and O–H groups in total. The lowest BCUT2D eigenvalue weighted by Gasteiger charge is -2.33. The number of carboxylic acids is 1. The number of rotatable bonds is 6. The summed E-state index contributed by atoms with van der Waals surface area (Å²) in [6.07, 6.45) is 6.03. The molecule has 2 fully saturated rings. The predicted octanol–water partition coefficient (Wildman–Crippen LogP) is 2.55. The van der Waals surface area contributed by atoms with Crippen LogP contribution < -0.4 is 10.2 Å². The fourth-order valence-electron chi connectivity index (χ4n) is 3.85. The van der Waals surface area contributed by atoms with E-state index in [9.17, 15) is 14.4 Å². The minimum absolute atomic E-state index is 0.102. The van der Waals surface area contributed by atoms with Gasteiger partial charge in [0.25, 0.3) is 0 Å². The molecule has 2 heterocycles. The SMILES string of the molecule is C=CC=C.CN(c1cccc(C2CCN(CC(=O)O)CC2)c1)C1CCC(=O)NC1=O. The Morgan fingerprint density at radius 1 is 1.23 bits per heavy atom. The van der Waals surface area contributed by atoms with Crippen molar-refractivity contribution in [2.24, 2.45) is 0 Å². The maximum atomic E-state index is 12.1. The fourth-order valence-corrected chi connectivity index (χ4v) is 3.85. The first-order valence-electron chi connectivity index (χ1n) is 10.2. The number of anilines is 1. The zero-order chi connectivity index (χ0) is 22.1. The van der Waals surface area contributed by atoms with Gasteiger partial charge in [-0.2, -0.15) is 0 Å². The molecule has 1 aromatic carbocycles. The number of amides is 2. The van der Waals surface area contributed by atoms with E-state index in [-0.39, 0.29) is 24.4 Å². The Labute approximate surface area is 178 Å². The van der Waals surface area contributed by atoms with Crippen LogP contribution in [0.4, 0.5) is 5.69 Å². The standard InChI is InChI=1S/C19H25N3O4.C4H6/c1-21(16-5-6-17(23)20-19(16)26)15-4-2-3-14(11-15)13-7-9-22(10-8-13)12-18(24)25;1-3-4-2/h2-4,11,13,16H,5-10,12H2,1H3,(H,24,25)(H,20,23,26);3-4H,1-2H2. The number of piperidine rings is 2. The van der Waals surface area contributed by atoms with Gasteiger partial charge in [0.05, 0.1) is 6.54 Å². The quantitative estimate of drug-likeness (QED) is 0.550. The maximum absolute atomic E-state index is 12.1. The summed E-state index contributed by atoms with van der Waals surface area (Å²) < 4.78 is 0. The van der Waals surface area contributed by atoms with Crippen LogP contribution in [0.5, 0.6) is 0 Å². The van der Waals surface area contributed by atoms with Crippen LogP contribution in [0.15, 0.2) is 49.6 Å². The minimum Gasteiger partial charge on any atom is -0.480 e. The number of imide groups is 1. The lowest BCUT2D eigenvalue weighted by molar-refractivity contribution is -0.138. The van der Waals surface area contributed by atoms with Crippen LogP contribution >= 0.6 is 0 Å². The highest BCUT2D eigenvalue weighted by Gasteiger charge is 2.30. The molecule has 162 valence electrons. The third kappa shape index (κ3) is 6.56. The highest BCUT2D eigenvalue weighted by atomic mass is 16.4. The topological polar surface area (TPSA) is 89.9 Å². The van der Waals surface area contributed by atoms with Crippen LogP contribution in [0.25, 0.3) is 0 Å². The van der Waals surface area contributed by atoms with E-state index in [1.165, 1.54) is 5.56 Å². The number of carboxylic acid groups (broad SMARTS) is 1. The molecule has 1 aromatic rings. The lowest BCUT2D eigenvalue weighted by atomic mass is 9.89. The van der Waals surface area contributed by atoms with Crippen molar-refractivity contribution in [1.29, 1.82) is 0 Å². The molecule has 1 unspecified atom stereocenters. The maximum Gasteiger partial charge on any atom is 0.317 e. The van der Waals surface area contributed by atoms with Crippen LogP contribution in [0, 0.1) is 0 Å². The predicted molar refractivity (Wildman–Crippen MR) is 117 cm³/mol. The summed E-state index contributed by atoms with van der Waals surface area (Å²) in [5.41, 5.74) is 2.18. The summed E-state index contributed by atoms with van der Waals surface area (Å²) in [7, 11) is 1.88. The van der Waals surface area contributed by atoms with E-state index in [1.807, 2.05) is 29.0 Å². The second-order valence-electron chi connectivity index (χ2n) is 7.59. The van der Waals surface area contributed by atoms with Gasteiger partial charge >= 0.3 is 5.97 Å². The van der Waals surface area contributed by atoms with Crippen molar-refractivity contribution in [3.8, 4) is 0 Å². The van der Waals surface area contributed by atoms with Crippen LogP contribution in [0.1, 0.15) is 37.2 Å². The zero-order valence-corrected chi connectivity index (χ0v) is 17.5. The van der Waals surface area contributed by atoms with E-state index in [0.717, 1.165) is 31.6 Å². The molecule has 0 radical (unpaired) electrons. The number of carbonyl (C=O) groups is 3. The number of allylic oxidation sites excluding steroid dienone is 2. The van der Waals surface area contributed by atoms with Crippen LogP contribution in [0.3, 0.4) is 0 Å². The largest absolute Gasteiger partial charge is 0.480 e. The van der Waals surface area contributed by atoms with E-state index in [0.29, 0.717) is 18.8 Å². The smallest absolute Gasteiger partial charge is 0.317 e. The lowest BCUT2D eigenvalue weighted by Crippen LogP contribution is -2.51. The van der Waals surface area contributed by atoms with Crippen LogP contribution in [-0.2, 0) is 14.4 Å². The molecule has 0 saturated carbocycles. The van der Waals surface area contributed by atoms with Gasteiger partial charge in [-0.05, 0) is 56.0 Å². The molecule has 1 atom stereocenters. The van der Waals surface area contributed by atoms with E-state index in [2.05, 4.69) is 30.6 Å². The van der Waals surface area contributed by atoms with Gasteiger partial charge in [-0.15, -0.1) is 0 Å². The van der Waals surface area contributed by atoms with Crippen molar-refractivity contribution in [2.75, 3.05) is 31.6 Å². The van der Waals surface area contributed by atoms with Crippen molar-refractivity contribution in [3.05, 3.63) is 55.1 Å². The molecule has 2 aliphatic heterocycles. The number of hydrogen-bond donors (Lipinski definition) is 2. The Hall–Kier alpha value is -2.93. The van der Waals surface area contributed by atoms with Gasteiger partial charge in [0.2, 0.25) is 11.8 Å². The monoisotopic (exact) mass is 413 g/mol. The van der Waals surface area contributed by atoms with Gasteiger partial charge in [0, 0.05) is 19.2 Å². The second-order valence-corrected chi connectivity index (χ2v) is 7.59. The van der Waals surface area contributed by atoms with Gasteiger partial charge in [0.1, 0.15) is 6.04 Å². The molecule has 2 saturated heterocycles. The van der Waals surface area contributed by atoms with Crippen molar-refractivity contribution >= 4 is 23.5 Å². The molecule has 0 spiro atoms. The molecular formula is C23H31N3O4. The molecule has 2 aliphatic rings. The summed E-state index contributed by atoms with van der Waals surface area (Å²) in [6, 6.07) is 7.85. The first kappa shape index (κ1) is 23.3. The highest BCUT2D eigenvalue weighted by Crippen LogP contribution is 2.31. The van der Waals surface area contributed by atoms with Gasteiger partial charge in [0.15, 0.2) is 0 Å². The summed E-state index contributed by atoms with van der Waals surface area (Å²) in [6.45, 7) is 8.39. The average Bonchev–Trinajstić information content (AvgIpc) is 2.74. The summed E-state index contributed by atoms with van der Waals surface area (Å²) in [4.78, 5) is 38.2. The van der Waals surface area contributed by atoms with Crippen molar-refractivity contribution in [2.45, 2.75) is 37.6 Å². The summed E-state index contributed by atoms with van der Waals surface area (Å²) >= 11 is 0. The number of nitrogens with one attached hydrogen (secondary N) is 1. The Bertz CT molecular complexity index is 778. The molecule has 7 nitrogen and oxygen atoms in total. The Morgan fingerprint density at radius 2 is 1.90 bits per heavy atom. The second kappa shape index (κ2) is 11.3. The fraction of sp³-hybridized carbons (Fsp3) is 0.435.